The number of H-pyrrole nitrogens is 2. The zero-order chi connectivity index (χ0) is 18.5. The van der Waals surface area contributed by atoms with Crippen LogP contribution in [-0.2, 0) is 4.79 Å². The zero-order valence-electron chi connectivity index (χ0n) is 14.3. The van der Waals surface area contributed by atoms with Crippen molar-refractivity contribution in [1.29, 1.82) is 0 Å². The molecule has 0 aliphatic heterocycles. The molecular weight excluding hydrogens is 351 g/mol. The lowest BCUT2D eigenvalue weighted by molar-refractivity contribution is -0.117. The maximum absolute atomic E-state index is 13.0. The summed E-state index contributed by atoms with van der Waals surface area (Å²) < 4.78 is 18.4. The minimum atomic E-state index is -1.04. The monoisotopic (exact) mass is 366 g/mol. The predicted octanol–water partition coefficient (Wildman–Crippen LogP) is 2.81. The third-order valence-corrected chi connectivity index (χ3v) is 4.71. The fourth-order valence-electron chi connectivity index (χ4n) is 3.16. The Labute approximate surface area is 152 Å². The molecule has 0 bridgehead atoms. The van der Waals surface area contributed by atoms with Crippen LogP contribution in [0.3, 0.4) is 0 Å². The van der Waals surface area contributed by atoms with E-state index in [4.69, 9.17) is 4.74 Å². The number of alkyl halides is 1. The molecule has 1 aliphatic carbocycles. The first-order valence-electron chi connectivity index (χ1n) is 8.45. The third kappa shape index (κ3) is 2.59. The van der Waals surface area contributed by atoms with Gasteiger partial charge < -0.3 is 15.0 Å². The van der Waals surface area contributed by atoms with Gasteiger partial charge in [0.1, 0.15) is 17.6 Å². The number of ether oxygens (including phenoxy) is 1. The van der Waals surface area contributed by atoms with E-state index in [0.29, 0.717) is 23.0 Å². The molecular formula is C18H15FN6O2. The highest BCUT2D eigenvalue weighted by Crippen LogP contribution is 2.37. The van der Waals surface area contributed by atoms with E-state index in [1.54, 1.807) is 19.4 Å². The molecule has 0 saturated heterocycles. The van der Waals surface area contributed by atoms with E-state index in [9.17, 15) is 9.18 Å². The lowest BCUT2D eigenvalue weighted by Gasteiger charge is -2.07. The van der Waals surface area contributed by atoms with Crippen molar-refractivity contribution in [2.75, 3.05) is 12.4 Å². The summed E-state index contributed by atoms with van der Waals surface area (Å²) in [6, 6.07) is 5.49. The van der Waals surface area contributed by atoms with Crippen LogP contribution in [0.5, 0.6) is 5.88 Å². The van der Waals surface area contributed by atoms with Gasteiger partial charge in [0.25, 0.3) is 0 Å². The van der Waals surface area contributed by atoms with Crippen molar-refractivity contribution in [3.8, 4) is 17.0 Å². The molecule has 0 spiro atoms. The fourth-order valence-corrected chi connectivity index (χ4v) is 3.16. The van der Waals surface area contributed by atoms with Crippen molar-refractivity contribution < 1.29 is 13.9 Å². The number of halogens is 1. The quantitative estimate of drug-likeness (QED) is 0.515. The summed E-state index contributed by atoms with van der Waals surface area (Å²) in [5.41, 5.74) is 2.91. The number of anilines is 1. The number of fused-ring (bicyclic) bond motifs is 2. The number of aromatic amines is 2. The number of pyridine rings is 2. The smallest absolute Gasteiger partial charge is 0.231 e. The molecule has 5 rings (SSSR count). The van der Waals surface area contributed by atoms with Gasteiger partial charge in [0.05, 0.1) is 19.2 Å². The Balaban J connectivity index is 1.54. The number of methoxy groups -OCH3 is 1. The summed E-state index contributed by atoms with van der Waals surface area (Å²) >= 11 is 0. The Hall–Kier alpha value is -3.49. The number of amides is 1. The molecule has 9 heteroatoms. The molecule has 4 heterocycles. The van der Waals surface area contributed by atoms with E-state index in [2.05, 4.69) is 30.5 Å². The van der Waals surface area contributed by atoms with Gasteiger partial charge in [-0.1, -0.05) is 0 Å². The van der Waals surface area contributed by atoms with Crippen LogP contribution < -0.4 is 10.1 Å². The number of hydrogen-bond acceptors (Lipinski definition) is 5. The molecule has 1 fully saturated rings. The average molecular weight is 366 g/mol. The lowest BCUT2D eigenvalue weighted by atomic mass is 10.1. The standard InChI is InChI=1S/C18H15FN6O2/c1-27-18-10(4-8-6-21-25-15(8)24-18)12-7-20-16-9(12)2-3-14(22-16)23-17(26)11-5-13(11)19/h2-4,6-7,11,13H,5H2,1H3,(H,21,24,25)(H2,20,22,23,26)/t11-,13+/m1/s1. The van der Waals surface area contributed by atoms with Gasteiger partial charge in [-0.2, -0.15) is 10.1 Å². The Kier molecular flexibility index (Phi) is 3.36. The molecule has 1 saturated carbocycles. The first-order chi connectivity index (χ1) is 13.1. The molecule has 27 heavy (non-hydrogen) atoms. The molecule has 0 radical (unpaired) electrons. The second-order valence-corrected chi connectivity index (χ2v) is 6.50. The van der Waals surface area contributed by atoms with E-state index in [0.717, 1.165) is 21.9 Å². The van der Waals surface area contributed by atoms with Crippen LogP contribution in [0.25, 0.3) is 33.2 Å². The fraction of sp³-hybridized carbons (Fsp3) is 0.222. The van der Waals surface area contributed by atoms with Gasteiger partial charge in [-0.25, -0.2) is 9.37 Å². The largest absolute Gasteiger partial charge is 0.480 e. The molecule has 8 nitrogen and oxygen atoms in total. The number of aromatic nitrogens is 5. The first kappa shape index (κ1) is 15.7. The predicted molar refractivity (Wildman–Crippen MR) is 97.2 cm³/mol. The molecule has 2 atom stereocenters. The highest BCUT2D eigenvalue weighted by molar-refractivity contribution is 5.99. The van der Waals surface area contributed by atoms with Gasteiger partial charge in [0.15, 0.2) is 5.65 Å². The third-order valence-electron chi connectivity index (χ3n) is 4.71. The van der Waals surface area contributed by atoms with Gasteiger partial charge in [0.2, 0.25) is 11.8 Å². The first-order valence-corrected chi connectivity index (χ1v) is 8.45. The van der Waals surface area contributed by atoms with E-state index in [-0.39, 0.29) is 12.3 Å². The minimum absolute atomic E-state index is 0.282. The van der Waals surface area contributed by atoms with Gasteiger partial charge in [-0.15, -0.1) is 0 Å². The van der Waals surface area contributed by atoms with Crippen LogP contribution in [-0.4, -0.2) is 44.3 Å². The van der Waals surface area contributed by atoms with Crippen molar-refractivity contribution in [2.45, 2.75) is 12.6 Å². The molecule has 1 aliphatic rings. The normalized spacial score (nSPS) is 18.7. The highest BCUT2D eigenvalue weighted by atomic mass is 19.1. The summed E-state index contributed by atoms with van der Waals surface area (Å²) in [7, 11) is 1.56. The second kappa shape index (κ2) is 5.76. The van der Waals surface area contributed by atoms with Crippen molar-refractivity contribution in [3.63, 3.8) is 0 Å². The molecule has 0 aromatic carbocycles. The Morgan fingerprint density at radius 1 is 1.30 bits per heavy atom. The van der Waals surface area contributed by atoms with E-state index in [1.165, 1.54) is 0 Å². The van der Waals surface area contributed by atoms with Crippen LogP contribution >= 0.6 is 0 Å². The van der Waals surface area contributed by atoms with Gasteiger partial charge >= 0.3 is 0 Å². The van der Waals surface area contributed by atoms with E-state index in [1.807, 2.05) is 18.3 Å². The van der Waals surface area contributed by atoms with Crippen LogP contribution in [0.1, 0.15) is 6.42 Å². The molecule has 1 amide bonds. The molecule has 0 unspecified atom stereocenters. The maximum Gasteiger partial charge on any atom is 0.231 e. The van der Waals surface area contributed by atoms with Crippen LogP contribution in [0, 0.1) is 5.92 Å². The summed E-state index contributed by atoms with van der Waals surface area (Å²) in [5, 5.41) is 11.2. The van der Waals surface area contributed by atoms with E-state index < -0.39 is 12.1 Å². The molecule has 136 valence electrons. The number of carbonyl (C=O) groups excluding carboxylic acids is 1. The lowest BCUT2D eigenvalue weighted by Crippen LogP contribution is -2.15. The van der Waals surface area contributed by atoms with Crippen molar-refractivity contribution in [3.05, 3.63) is 30.6 Å². The number of carbonyl (C=O) groups is 1. The van der Waals surface area contributed by atoms with E-state index >= 15 is 0 Å². The van der Waals surface area contributed by atoms with Crippen LogP contribution in [0.2, 0.25) is 0 Å². The number of hydrogen-bond donors (Lipinski definition) is 3. The van der Waals surface area contributed by atoms with Gasteiger partial charge in [-0.05, 0) is 24.6 Å². The topological polar surface area (TPSA) is 109 Å². The molecule has 4 aromatic heterocycles. The van der Waals surface area contributed by atoms with Crippen molar-refractivity contribution in [1.82, 2.24) is 25.1 Å². The maximum atomic E-state index is 13.0. The average Bonchev–Trinajstić information content (AvgIpc) is 3.07. The Morgan fingerprint density at radius 2 is 2.15 bits per heavy atom. The number of nitrogens with zero attached hydrogens (tertiary/aromatic N) is 3. The van der Waals surface area contributed by atoms with Crippen molar-refractivity contribution >= 4 is 33.8 Å². The summed E-state index contributed by atoms with van der Waals surface area (Å²) in [5.74, 6) is -0.0424. The van der Waals surface area contributed by atoms with Crippen LogP contribution in [0.4, 0.5) is 10.2 Å². The molecule has 3 N–H and O–H groups in total. The van der Waals surface area contributed by atoms with Gasteiger partial charge in [-0.3, -0.25) is 9.89 Å². The Bertz CT molecular complexity index is 1180. The number of nitrogens with one attached hydrogen (secondary N) is 3. The van der Waals surface area contributed by atoms with Crippen molar-refractivity contribution in [2.24, 2.45) is 5.92 Å². The van der Waals surface area contributed by atoms with Gasteiger partial charge in [0, 0.05) is 28.1 Å². The summed E-state index contributed by atoms with van der Waals surface area (Å²) in [6.45, 7) is 0. The highest BCUT2D eigenvalue weighted by Gasteiger charge is 2.43. The Morgan fingerprint density at radius 3 is 2.93 bits per heavy atom. The second-order valence-electron chi connectivity index (χ2n) is 6.50. The summed E-state index contributed by atoms with van der Waals surface area (Å²) in [4.78, 5) is 23.9. The minimum Gasteiger partial charge on any atom is -0.480 e. The summed E-state index contributed by atoms with van der Waals surface area (Å²) in [6.07, 6.45) is 2.75. The molecule has 4 aromatic rings. The van der Waals surface area contributed by atoms with Crippen LogP contribution in [0.15, 0.2) is 30.6 Å². The zero-order valence-corrected chi connectivity index (χ0v) is 14.3. The number of rotatable bonds is 4. The SMILES string of the molecule is COc1nc2[nH]ncc2cc1-c1c[nH]c2nc(NC(=O)[C@@H]3C[C@@H]3F)ccc12.